The lowest BCUT2D eigenvalue weighted by Crippen LogP contribution is -2.26. The number of ether oxygens (including phenoxy) is 2. The number of nitrogens with one attached hydrogen (secondary N) is 1. The molecule has 0 aliphatic rings. The zero-order chi connectivity index (χ0) is 19.5. The Kier molecular flexibility index (Phi) is 8.38. The van der Waals surface area contributed by atoms with Crippen LogP contribution in [0.25, 0.3) is 0 Å². The number of thioether (sulfide) groups is 1. The Morgan fingerprint density at radius 1 is 1.15 bits per heavy atom. The molecule has 0 heterocycles. The van der Waals surface area contributed by atoms with Gasteiger partial charge in [0.15, 0.2) is 6.61 Å². The van der Waals surface area contributed by atoms with Gasteiger partial charge in [-0.3, -0.25) is 4.79 Å². The molecule has 27 heavy (non-hydrogen) atoms. The van der Waals surface area contributed by atoms with Crippen LogP contribution < -0.4 is 10.2 Å². The summed E-state index contributed by atoms with van der Waals surface area (Å²) in [4.78, 5) is 23.1. The molecule has 0 spiro atoms. The maximum Gasteiger partial charge on any atom is 0.343 e. The molecule has 0 fully saturated rings. The fraction of sp³-hybridized carbons (Fsp3) is 0.250. The van der Waals surface area contributed by atoms with E-state index < -0.39 is 5.97 Å². The Balaban J connectivity index is 1.75. The maximum absolute atomic E-state index is 12.1. The van der Waals surface area contributed by atoms with Gasteiger partial charge < -0.3 is 9.47 Å². The number of hydrogen-bond acceptors (Lipinski definition) is 6. The average molecular weight is 386 g/mol. The van der Waals surface area contributed by atoms with Crippen molar-refractivity contribution in [3.8, 4) is 5.75 Å². The van der Waals surface area contributed by atoms with E-state index in [1.807, 2.05) is 37.3 Å². The number of methoxy groups -OCH3 is 1. The molecule has 7 heteroatoms. The highest BCUT2D eigenvalue weighted by Gasteiger charge is 2.12. The number of esters is 1. The second-order valence-corrected chi connectivity index (χ2v) is 6.94. The predicted molar refractivity (Wildman–Crippen MR) is 107 cm³/mol. The molecule has 6 nitrogen and oxygen atoms in total. The second kappa shape index (κ2) is 11.0. The minimum atomic E-state index is -0.442. The molecule has 1 atom stereocenters. The van der Waals surface area contributed by atoms with E-state index in [1.54, 1.807) is 42.2 Å². The summed E-state index contributed by atoms with van der Waals surface area (Å²) in [6, 6.07) is 17.0. The van der Waals surface area contributed by atoms with Crippen LogP contribution in [-0.2, 0) is 20.1 Å². The van der Waals surface area contributed by atoms with Crippen molar-refractivity contribution in [3.05, 3.63) is 65.7 Å². The Morgan fingerprint density at radius 3 is 2.52 bits per heavy atom. The molecular formula is C20H22N2O4S. The quantitative estimate of drug-likeness (QED) is 0.407. The van der Waals surface area contributed by atoms with Crippen LogP contribution in [0.2, 0.25) is 0 Å². The van der Waals surface area contributed by atoms with Crippen LogP contribution in [0.15, 0.2) is 59.7 Å². The van der Waals surface area contributed by atoms with Gasteiger partial charge >= 0.3 is 5.97 Å². The largest absolute Gasteiger partial charge is 0.482 e. The van der Waals surface area contributed by atoms with E-state index in [-0.39, 0.29) is 17.8 Å². The molecule has 1 N–H and O–H groups in total. The molecular weight excluding hydrogens is 364 g/mol. The minimum absolute atomic E-state index is 0.140. The molecule has 1 amide bonds. The number of hydrogen-bond donors (Lipinski definition) is 1. The van der Waals surface area contributed by atoms with Gasteiger partial charge in [0.1, 0.15) is 5.75 Å². The van der Waals surface area contributed by atoms with E-state index in [4.69, 9.17) is 4.74 Å². The molecule has 2 rings (SSSR count). The van der Waals surface area contributed by atoms with Gasteiger partial charge in [0, 0.05) is 5.75 Å². The molecule has 2 aromatic carbocycles. The van der Waals surface area contributed by atoms with E-state index in [1.165, 1.54) is 12.7 Å². The molecule has 0 aromatic heterocycles. The van der Waals surface area contributed by atoms with Crippen LogP contribution in [0.4, 0.5) is 0 Å². The van der Waals surface area contributed by atoms with Gasteiger partial charge in [0.25, 0.3) is 5.91 Å². The van der Waals surface area contributed by atoms with Crippen molar-refractivity contribution in [3.63, 3.8) is 0 Å². The summed E-state index contributed by atoms with van der Waals surface area (Å²) >= 11 is 1.56. The number of carbonyl (C=O) groups excluding carboxylic acids is 2. The first-order valence-electron chi connectivity index (χ1n) is 8.36. The monoisotopic (exact) mass is 386 g/mol. The Morgan fingerprint density at radius 2 is 1.85 bits per heavy atom. The molecule has 0 radical (unpaired) electrons. The van der Waals surface area contributed by atoms with Crippen LogP contribution in [0, 0.1) is 0 Å². The van der Waals surface area contributed by atoms with Gasteiger partial charge in [-0.1, -0.05) is 30.3 Å². The third-order valence-electron chi connectivity index (χ3n) is 3.56. The Hall–Kier alpha value is -2.80. The fourth-order valence-corrected chi connectivity index (χ4v) is 2.82. The van der Waals surface area contributed by atoms with E-state index in [9.17, 15) is 9.59 Å². The Labute approximate surface area is 162 Å². The molecule has 0 aliphatic carbocycles. The van der Waals surface area contributed by atoms with Crippen LogP contribution in [-0.4, -0.2) is 37.1 Å². The van der Waals surface area contributed by atoms with E-state index >= 15 is 0 Å². The summed E-state index contributed by atoms with van der Waals surface area (Å²) in [5, 5.41) is 3.77. The first-order valence-corrected chi connectivity index (χ1v) is 9.41. The standard InChI is InChI=1S/C20H22N2O4S/c1-15(27-14-17-6-4-3-5-7-17)20(24)22-21-12-16-8-10-18(11-9-16)26-13-19(23)25-2/h3-12,15H,13-14H2,1-2H3,(H,22,24)/b21-12-/t15-/m0/s1. The molecule has 0 saturated carbocycles. The highest BCUT2D eigenvalue weighted by Crippen LogP contribution is 2.17. The number of rotatable bonds is 9. The summed E-state index contributed by atoms with van der Waals surface area (Å²) in [5.74, 6) is 0.729. The normalized spacial score (nSPS) is 11.8. The summed E-state index contributed by atoms with van der Waals surface area (Å²) in [7, 11) is 1.31. The molecule has 0 aliphatic heterocycles. The van der Waals surface area contributed by atoms with Crippen LogP contribution >= 0.6 is 11.8 Å². The molecule has 0 bridgehead atoms. The number of benzene rings is 2. The molecule has 0 unspecified atom stereocenters. The summed E-state index contributed by atoms with van der Waals surface area (Å²) in [6.45, 7) is 1.71. The van der Waals surface area contributed by atoms with Crippen molar-refractivity contribution in [1.29, 1.82) is 0 Å². The number of carbonyl (C=O) groups is 2. The first kappa shape index (κ1) is 20.5. The Bertz CT molecular complexity index is 763. The van der Waals surface area contributed by atoms with Gasteiger partial charge in [-0.25, -0.2) is 10.2 Å². The summed E-state index contributed by atoms with van der Waals surface area (Å²) in [5.41, 5.74) is 4.52. The van der Waals surface area contributed by atoms with Crippen molar-refractivity contribution >= 4 is 29.9 Å². The van der Waals surface area contributed by atoms with Crippen LogP contribution in [0.3, 0.4) is 0 Å². The van der Waals surface area contributed by atoms with Gasteiger partial charge in [-0.15, -0.1) is 11.8 Å². The van der Waals surface area contributed by atoms with Crippen molar-refractivity contribution < 1.29 is 19.1 Å². The van der Waals surface area contributed by atoms with Crippen LogP contribution in [0.1, 0.15) is 18.1 Å². The smallest absolute Gasteiger partial charge is 0.343 e. The summed E-state index contributed by atoms with van der Waals surface area (Å²) in [6.07, 6.45) is 1.55. The number of nitrogens with zero attached hydrogens (tertiary/aromatic N) is 1. The SMILES string of the molecule is COC(=O)COc1ccc(/C=N\NC(=O)[C@H](C)SCc2ccccc2)cc1. The first-order chi connectivity index (χ1) is 13.1. The number of amides is 1. The lowest BCUT2D eigenvalue weighted by molar-refractivity contribution is -0.142. The zero-order valence-corrected chi connectivity index (χ0v) is 16.1. The molecule has 0 saturated heterocycles. The fourth-order valence-electron chi connectivity index (χ4n) is 1.98. The lowest BCUT2D eigenvalue weighted by atomic mass is 10.2. The summed E-state index contributed by atoms with van der Waals surface area (Å²) < 4.78 is 9.77. The topological polar surface area (TPSA) is 77.0 Å². The van der Waals surface area contributed by atoms with E-state index in [0.717, 1.165) is 11.3 Å². The van der Waals surface area contributed by atoms with Gasteiger partial charge in [0.05, 0.1) is 18.6 Å². The van der Waals surface area contributed by atoms with Crippen molar-refractivity contribution in [2.75, 3.05) is 13.7 Å². The minimum Gasteiger partial charge on any atom is -0.482 e. The zero-order valence-electron chi connectivity index (χ0n) is 15.3. The van der Waals surface area contributed by atoms with Crippen molar-refractivity contribution in [2.24, 2.45) is 5.10 Å². The van der Waals surface area contributed by atoms with Crippen LogP contribution in [0.5, 0.6) is 5.75 Å². The third kappa shape index (κ3) is 7.53. The highest BCUT2D eigenvalue weighted by atomic mass is 32.2. The van der Waals surface area contributed by atoms with Crippen molar-refractivity contribution in [1.82, 2.24) is 5.43 Å². The van der Waals surface area contributed by atoms with E-state index in [0.29, 0.717) is 5.75 Å². The highest BCUT2D eigenvalue weighted by molar-refractivity contribution is 7.99. The number of hydrazone groups is 1. The van der Waals surface area contributed by atoms with E-state index in [2.05, 4.69) is 15.3 Å². The van der Waals surface area contributed by atoms with Crippen molar-refractivity contribution in [2.45, 2.75) is 17.9 Å². The van der Waals surface area contributed by atoms with Gasteiger partial charge in [-0.05, 0) is 42.3 Å². The third-order valence-corrected chi connectivity index (χ3v) is 4.78. The predicted octanol–water partition coefficient (Wildman–Crippen LogP) is 3.01. The average Bonchev–Trinajstić information content (AvgIpc) is 2.71. The lowest BCUT2D eigenvalue weighted by Gasteiger charge is -2.09. The maximum atomic E-state index is 12.1. The van der Waals surface area contributed by atoms with Gasteiger partial charge in [0.2, 0.25) is 0 Å². The van der Waals surface area contributed by atoms with Gasteiger partial charge in [-0.2, -0.15) is 5.10 Å². The second-order valence-electron chi connectivity index (χ2n) is 5.61. The molecule has 2 aromatic rings. The molecule has 142 valence electrons.